The van der Waals surface area contributed by atoms with Crippen LogP contribution in [-0.4, -0.2) is 0 Å². The van der Waals surface area contributed by atoms with E-state index >= 15 is 0 Å². The zero-order valence-electron chi connectivity index (χ0n) is 25.2. The van der Waals surface area contributed by atoms with Crippen molar-refractivity contribution in [3.63, 3.8) is 0 Å². The van der Waals surface area contributed by atoms with Gasteiger partial charge in [-0.05, 0) is 36.4 Å². The number of para-hydroxylation sites is 2. The van der Waals surface area contributed by atoms with Gasteiger partial charge in [0.25, 0.3) is 0 Å². The molecule has 0 aliphatic carbocycles. The molecule has 48 heavy (non-hydrogen) atoms. The Hall–Kier alpha value is -6.80. The van der Waals surface area contributed by atoms with Gasteiger partial charge in [0, 0.05) is 44.5 Å². The zero-order chi connectivity index (χ0) is 32.5. The third kappa shape index (κ3) is 3.89. The van der Waals surface area contributed by atoms with Gasteiger partial charge in [-0.3, -0.25) is 19.2 Å². The monoisotopic (exact) mass is 624 g/mol. The molecule has 0 saturated carbocycles. The minimum Gasteiger partial charge on any atom is -0.289 e. The molecule has 8 aromatic carbocycles. The topological polar surface area (TPSA) is 100 Å². The van der Waals surface area contributed by atoms with Gasteiger partial charge in [0.05, 0.1) is 11.4 Å². The summed E-state index contributed by atoms with van der Waals surface area (Å²) in [4.78, 5) is 56.7. The van der Waals surface area contributed by atoms with Crippen molar-refractivity contribution < 1.29 is 9.35 Å². The van der Waals surface area contributed by atoms with E-state index in [4.69, 9.17) is 0 Å². The van der Waals surface area contributed by atoms with Crippen molar-refractivity contribution in [3.8, 4) is 0 Å². The van der Waals surface area contributed by atoms with Gasteiger partial charge < -0.3 is 0 Å². The maximum atomic E-state index is 14.4. The van der Waals surface area contributed by atoms with E-state index in [2.05, 4.69) is 10.9 Å². The van der Waals surface area contributed by atoms with Gasteiger partial charge in [0.1, 0.15) is 10.8 Å². The number of fused-ring (bicyclic) bond motifs is 8. The number of hydrogen-bond acceptors (Lipinski definition) is 6. The summed E-state index contributed by atoms with van der Waals surface area (Å²) >= 11 is 0. The average Bonchev–Trinajstić information content (AvgIpc) is 3.14. The molecule has 9 rings (SSSR count). The van der Waals surface area contributed by atoms with Crippen LogP contribution in [0.2, 0.25) is 0 Å². The summed E-state index contributed by atoms with van der Waals surface area (Å²) in [5.41, 5.74) is 9.09. The molecule has 9 aromatic rings. The van der Waals surface area contributed by atoms with E-state index in [1.54, 1.807) is 82.1 Å². The van der Waals surface area contributed by atoms with Crippen LogP contribution >= 0.6 is 0 Å². The van der Waals surface area contributed by atoms with Crippen LogP contribution in [0.3, 0.4) is 0 Å². The maximum absolute atomic E-state index is 14.4. The summed E-state index contributed by atoms with van der Waals surface area (Å²) in [6, 6.07) is 39.4. The Bertz CT molecular complexity index is 2820. The molecule has 0 aliphatic heterocycles. The number of rotatable bonds is 4. The Balaban J connectivity index is 1.59. The second-order valence-corrected chi connectivity index (χ2v) is 11.7. The Labute approximate surface area is 270 Å². The Morgan fingerprint density at radius 3 is 1.04 bits per heavy atom. The van der Waals surface area contributed by atoms with Gasteiger partial charge >= 0.3 is 22.1 Å². The summed E-state index contributed by atoms with van der Waals surface area (Å²) in [6.45, 7) is 0. The molecule has 8 heteroatoms. The summed E-state index contributed by atoms with van der Waals surface area (Å²) in [6.07, 6.45) is 0. The van der Waals surface area contributed by atoms with Gasteiger partial charge in [-0.15, -0.1) is 0 Å². The van der Waals surface area contributed by atoms with Crippen molar-refractivity contribution in [1.82, 2.24) is 0 Å². The third-order valence-electron chi connectivity index (χ3n) is 9.05. The molecule has 0 unspecified atom stereocenters. The molecule has 1 heterocycles. The average molecular weight is 625 g/mol. The lowest BCUT2D eigenvalue weighted by Gasteiger charge is -2.11. The predicted octanol–water partition coefficient (Wildman–Crippen LogP) is 5.25. The van der Waals surface area contributed by atoms with Crippen LogP contribution < -0.4 is 41.9 Å². The van der Waals surface area contributed by atoms with E-state index in [9.17, 15) is 19.2 Å². The van der Waals surface area contributed by atoms with Crippen molar-refractivity contribution in [3.05, 3.63) is 174 Å². The molecule has 0 radical (unpaired) electrons. The fourth-order valence-electron chi connectivity index (χ4n) is 6.89. The van der Waals surface area contributed by atoms with E-state index in [1.807, 2.05) is 60.7 Å². The lowest BCUT2D eigenvalue weighted by molar-refractivity contribution is -0.628. The van der Waals surface area contributed by atoms with E-state index in [0.29, 0.717) is 55.0 Å². The quantitative estimate of drug-likeness (QED) is 0.158. The molecule has 0 bridgehead atoms. The van der Waals surface area contributed by atoms with Crippen LogP contribution in [0.25, 0.3) is 65.2 Å². The first-order valence-electron chi connectivity index (χ1n) is 15.5. The highest BCUT2D eigenvalue weighted by atomic mass is 16.1. The van der Waals surface area contributed by atoms with Crippen LogP contribution in [0.5, 0.6) is 0 Å². The second kappa shape index (κ2) is 10.4. The number of nitrogens with zero attached hydrogens (tertiary/aromatic N) is 2. The van der Waals surface area contributed by atoms with Crippen molar-refractivity contribution >= 4 is 76.5 Å². The summed E-state index contributed by atoms with van der Waals surface area (Å²) in [5.74, 6) is 0. The minimum absolute atomic E-state index is 0.232. The first-order valence-corrected chi connectivity index (χ1v) is 15.5. The molecule has 226 valence electrons. The van der Waals surface area contributed by atoms with Gasteiger partial charge in [-0.25, -0.2) is 0 Å². The van der Waals surface area contributed by atoms with Crippen LogP contribution in [0.1, 0.15) is 0 Å². The lowest BCUT2D eigenvalue weighted by Crippen LogP contribution is -2.53. The standard InChI is InChI=1S/C40H23N4O4/c45-37-25-15-7-9-17-27(25)39(47)33-29(37)20-22-32-35(33)43(41-23-11-3-1-4-12-23)31-21-19-30-34(36(31)44(32)42-24-13-5-2-6-14-24)40(48)28-18-10-8-16-26(28)38(30)46/h1-22,41H/q+1/p+1. The van der Waals surface area contributed by atoms with Crippen LogP contribution in [0.15, 0.2) is 153 Å². The van der Waals surface area contributed by atoms with E-state index in [-0.39, 0.29) is 43.3 Å². The molecule has 0 amide bonds. The fourth-order valence-corrected chi connectivity index (χ4v) is 6.89. The zero-order valence-corrected chi connectivity index (χ0v) is 25.2. The van der Waals surface area contributed by atoms with Gasteiger partial charge in [-0.1, -0.05) is 94.3 Å². The van der Waals surface area contributed by atoms with Crippen LogP contribution in [-0.2, 0) is 0 Å². The smallest absolute Gasteiger partial charge is 0.289 e. The molecule has 1 aromatic heterocycles. The third-order valence-corrected chi connectivity index (χ3v) is 9.05. The maximum Gasteiger partial charge on any atom is 0.321 e. The lowest BCUT2D eigenvalue weighted by atomic mass is 9.99. The molecule has 0 spiro atoms. The Morgan fingerprint density at radius 2 is 0.667 bits per heavy atom. The van der Waals surface area contributed by atoms with Crippen molar-refractivity contribution in [2.75, 3.05) is 10.9 Å². The number of aromatic nitrogens is 2. The minimum atomic E-state index is -0.293. The molecule has 0 fully saturated rings. The first kappa shape index (κ1) is 27.5. The number of anilines is 2. The normalized spacial score (nSPS) is 11.7. The molecular formula is C40H24N4O4+2. The Morgan fingerprint density at radius 1 is 0.333 bits per heavy atom. The second-order valence-electron chi connectivity index (χ2n) is 11.7. The van der Waals surface area contributed by atoms with Crippen molar-refractivity contribution in [1.29, 1.82) is 0 Å². The summed E-state index contributed by atoms with van der Waals surface area (Å²) < 4.78 is 3.50. The first-order chi connectivity index (χ1) is 23.5. The highest BCUT2D eigenvalue weighted by Crippen LogP contribution is 2.26. The SMILES string of the molecule is O=c1c2ccccc2c(=O)c2c1ccc1c2[n+](Nc2ccccc2)c2ccc3c(=O)c4ccccc4c(=O)c3c2[n+]1Nc1ccccc1. The predicted molar refractivity (Wildman–Crippen MR) is 190 cm³/mol. The largest absolute Gasteiger partial charge is 0.321 e. The molecule has 2 N–H and O–H groups in total. The van der Waals surface area contributed by atoms with Crippen molar-refractivity contribution in [2.45, 2.75) is 0 Å². The van der Waals surface area contributed by atoms with Gasteiger partial charge in [0.2, 0.25) is 10.9 Å². The Kier molecular flexibility index (Phi) is 5.94. The molecule has 0 saturated heterocycles. The highest BCUT2D eigenvalue weighted by molar-refractivity contribution is 6.11. The fraction of sp³-hybridized carbons (Fsp3) is 0. The molecule has 0 atom stereocenters. The number of nitrogens with one attached hydrogen (secondary N) is 2. The van der Waals surface area contributed by atoms with E-state index in [0.717, 1.165) is 0 Å². The molecule has 0 aliphatic rings. The number of hydrogen-bond donors (Lipinski definition) is 2. The summed E-state index contributed by atoms with van der Waals surface area (Å²) in [5, 5.41) is 2.36. The highest BCUT2D eigenvalue weighted by Gasteiger charge is 2.35. The van der Waals surface area contributed by atoms with E-state index in [1.165, 1.54) is 0 Å². The molecule has 8 nitrogen and oxygen atoms in total. The van der Waals surface area contributed by atoms with Gasteiger partial charge in [-0.2, -0.15) is 10.9 Å². The summed E-state index contributed by atoms with van der Waals surface area (Å²) in [7, 11) is 0. The molecular weight excluding hydrogens is 600 g/mol. The van der Waals surface area contributed by atoms with Crippen molar-refractivity contribution in [2.24, 2.45) is 0 Å². The number of benzene rings is 8. The van der Waals surface area contributed by atoms with E-state index < -0.39 is 0 Å². The van der Waals surface area contributed by atoms with Crippen LogP contribution in [0, 0.1) is 0 Å². The van der Waals surface area contributed by atoms with Crippen LogP contribution in [0.4, 0.5) is 11.4 Å². The van der Waals surface area contributed by atoms with Gasteiger partial charge in [0.15, 0.2) is 10.9 Å².